The van der Waals surface area contributed by atoms with Crippen LogP contribution in [0.1, 0.15) is 12.0 Å². The summed E-state index contributed by atoms with van der Waals surface area (Å²) in [5.41, 5.74) is -5.30. The van der Waals surface area contributed by atoms with E-state index in [4.69, 9.17) is 0 Å². The molecule has 1 aliphatic carbocycles. The summed E-state index contributed by atoms with van der Waals surface area (Å²) in [6, 6.07) is 1.59. The Morgan fingerprint density at radius 2 is 1.48 bits per heavy atom. The van der Waals surface area contributed by atoms with Gasteiger partial charge in [-0.2, -0.15) is 13.2 Å². The van der Waals surface area contributed by atoms with Crippen LogP contribution in [0.5, 0.6) is 0 Å². The van der Waals surface area contributed by atoms with Gasteiger partial charge in [-0.15, -0.1) is 0 Å². The lowest BCUT2D eigenvalue weighted by atomic mass is 9.87. The second kappa shape index (κ2) is 4.87. The van der Waals surface area contributed by atoms with E-state index in [1.807, 2.05) is 0 Å². The molecule has 0 amide bonds. The van der Waals surface area contributed by atoms with Crippen molar-refractivity contribution in [1.29, 1.82) is 0 Å². The van der Waals surface area contributed by atoms with Crippen LogP contribution in [0.15, 0.2) is 35.9 Å². The summed E-state index contributed by atoms with van der Waals surface area (Å²) in [5.74, 6) is -5.69. The maximum Gasteiger partial charge on any atom is 0.421 e. The van der Waals surface area contributed by atoms with Crippen molar-refractivity contribution in [2.24, 2.45) is 0 Å². The minimum Gasteiger partial charge on any atom is -0.376 e. The van der Waals surface area contributed by atoms with Gasteiger partial charge in [0.1, 0.15) is 23.3 Å². The van der Waals surface area contributed by atoms with Gasteiger partial charge in [-0.25, -0.2) is 17.6 Å². The molecular weight excluding hydrogens is 305 g/mol. The molecule has 0 bridgehead atoms. The molecule has 0 radical (unpaired) electrons. The number of aliphatic hydroxyl groups is 1. The van der Waals surface area contributed by atoms with Gasteiger partial charge in [-0.3, -0.25) is 0 Å². The zero-order valence-electron chi connectivity index (χ0n) is 10.1. The summed E-state index contributed by atoms with van der Waals surface area (Å²) in [6.45, 7) is 0. The van der Waals surface area contributed by atoms with E-state index < -0.39 is 52.6 Å². The van der Waals surface area contributed by atoms with Crippen molar-refractivity contribution >= 4 is 5.57 Å². The van der Waals surface area contributed by atoms with Gasteiger partial charge in [0, 0.05) is 18.1 Å². The van der Waals surface area contributed by atoms with Crippen molar-refractivity contribution < 1.29 is 35.8 Å². The topological polar surface area (TPSA) is 20.2 Å². The molecule has 2 rings (SSSR count). The Kier molecular flexibility index (Phi) is 3.61. The van der Waals surface area contributed by atoms with E-state index in [2.05, 4.69) is 0 Å². The monoisotopic (exact) mass is 312 g/mol. The average molecular weight is 312 g/mol. The summed E-state index contributed by atoms with van der Waals surface area (Å²) in [6.07, 6.45) is -7.08. The number of benzene rings is 1. The molecule has 0 heterocycles. The lowest BCUT2D eigenvalue weighted by Crippen LogP contribution is -2.44. The van der Waals surface area contributed by atoms with E-state index >= 15 is 0 Å². The normalized spacial score (nSPS) is 23.3. The fourth-order valence-corrected chi connectivity index (χ4v) is 1.96. The van der Waals surface area contributed by atoms with Crippen molar-refractivity contribution in [2.45, 2.75) is 18.2 Å². The average Bonchev–Trinajstić information content (AvgIpc) is 2.24. The molecule has 1 N–H and O–H groups in total. The fraction of sp³-hybridized carbons (Fsp3) is 0.231. The van der Waals surface area contributed by atoms with Gasteiger partial charge in [0.2, 0.25) is 0 Å². The molecular formula is C13H7F7O. The zero-order chi connectivity index (χ0) is 16.0. The van der Waals surface area contributed by atoms with E-state index in [-0.39, 0.29) is 6.08 Å². The summed E-state index contributed by atoms with van der Waals surface area (Å²) in [4.78, 5) is 0. The van der Waals surface area contributed by atoms with Crippen LogP contribution < -0.4 is 0 Å². The molecule has 0 aliphatic heterocycles. The minimum absolute atomic E-state index is 0.214. The van der Waals surface area contributed by atoms with Crippen molar-refractivity contribution in [3.05, 3.63) is 53.1 Å². The molecule has 0 saturated heterocycles. The van der Waals surface area contributed by atoms with Crippen LogP contribution in [-0.4, -0.2) is 16.9 Å². The zero-order valence-corrected chi connectivity index (χ0v) is 10.1. The summed E-state index contributed by atoms with van der Waals surface area (Å²) in [5, 5.41) is 9.26. The van der Waals surface area contributed by atoms with Gasteiger partial charge >= 0.3 is 6.18 Å². The number of hydrogen-bond donors (Lipinski definition) is 1. The van der Waals surface area contributed by atoms with Gasteiger partial charge in [0.25, 0.3) is 0 Å². The first-order valence-corrected chi connectivity index (χ1v) is 5.56. The Morgan fingerprint density at radius 3 is 1.90 bits per heavy atom. The van der Waals surface area contributed by atoms with Crippen LogP contribution in [-0.2, 0) is 0 Å². The Morgan fingerprint density at radius 1 is 0.952 bits per heavy atom. The van der Waals surface area contributed by atoms with E-state index in [1.54, 1.807) is 0 Å². The molecule has 1 atom stereocenters. The maximum absolute atomic E-state index is 13.8. The molecule has 1 aliphatic rings. The molecule has 1 aromatic rings. The number of alkyl halides is 3. The molecule has 8 heteroatoms. The number of allylic oxidation sites excluding steroid dienone is 2. The van der Waals surface area contributed by atoms with Crippen molar-refractivity contribution in [3.8, 4) is 0 Å². The molecule has 0 saturated carbocycles. The highest BCUT2D eigenvalue weighted by molar-refractivity contribution is 5.80. The quantitative estimate of drug-likeness (QED) is 0.771. The lowest BCUT2D eigenvalue weighted by molar-refractivity contribution is -0.240. The van der Waals surface area contributed by atoms with Gasteiger partial charge in [-0.05, 0) is 23.8 Å². The SMILES string of the molecule is OC1(C(F)(F)F)C=C(F)C(c2cc(F)cc(F)c2)=C(F)C1. The number of hydrogen-bond acceptors (Lipinski definition) is 1. The van der Waals surface area contributed by atoms with E-state index in [9.17, 15) is 35.8 Å². The third-order valence-corrected chi connectivity index (χ3v) is 2.94. The third kappa shape index (κ3) is 2.80. The van der Waals surface area contributed by atoms with E-state index in [0.717, 1.165) is 0 Å². The first kappa shape index (κ1) is 15.6. The van der Waals surface area contributed by atoms with Crippen molar-refractivity contribution in [3.63, 3.8) is 0 Å². The van der Waals surface area contributed by atoms with Crippen molar-refractivity contribution in [2.75, 3.05) is 0 Å². The van der Waals surface area contributed by atoms with Gasteiger partial charge < -0.3 is 5.11 Å². The lowest BCUT2D eigenvalue weighted by Gasteiger charge is -2.30. The van der Waals surface area contributed by atoms with E-state index in [0.29, 0.717) is 18.2 Å². The van der Waals surface area contributed by atoms with Crippen LogP contribution in [0.3, 0.4) is 0 Å². The van der Waals surface area contributed by atoms with Gasteiger partial charge in [0.05, 0.1) is 0 Å². The Balaban J connectivity index is 2.53. The van der Waals surface area contributed by atoms with Crippen LogP contribution >= 0.6 is 0 Å². The van der Waals surface area contributed by atoms with Crippen LogP contribution in [0.4, 0.5) is 30.7 Å². The molecule has 21 heavy (non-hydrogen) atoms. The molecule has 0 fully saturated rings. The number of halogens is 7. The predicted molar refractivity (Wildman–Crippen MR) is 59.2 cm³/mol. The highest BCUT2D eigenvalue weighted by Gasteiger charge is 2.55. The highest BCUT2D eigenvalue weighted by Crippen LogP contribution is 2.45. The van der Waals surface area contributed by atoms with Gasteiger partial charge in [0.15, 0.2) is 5.60 Å². The summed E-state index contributed by atoms with van der Waals surface area (Å²) in [7, 11) is 0. The largest absolute Gasteiger partial charge is 0.421 e. The Hall–Kier alpha value is -1.83. The second-order valence-corrected chi connectivity index (χ2v) is 4.53. The molecule has 1 unspecified atom stereocenters. The maximum atomic E-state index is 13.8. The molecule has 1 aromatic carbocycles. The molecule has 114 valence electrons. The van der Waals surface area contributed by atoms with Crippen LogP contribution in [0.2, 0.25) is 0 Å². The first-order chi connectivity index (χ1) is 9.53. The van der Waals surface area contributed by atoms with Crippen LogP contribution in [0, 0.1) is 11.6 Å². The predicted octanol–water partition coefficient (Wildman–Crippen LogP) is 4.20. The second-order valence-electron chi connectivity index (χ2n) is 4.53. The molecule has 0 aromatic heterocycles. The third-order valence-electron chi connectivity index (χ3n) is 2.94. The fourth-order valence-electron chi connectivity index (χ4n) is 1.96. The van der Waals surface area contributed by atoms with Crippen LogP contribution in [0.25, 0.3) is 5.57 Å². The molecule has 0 spiro atoms. The number of rotatable bonds is 1. The molecule has 1 nitrogen and oxygen atoms in total. The van der Waals surface area contributed by atoms with Gasteiger partial charge in [-0.1, -0.05) is 0 Å². The van der Waals surface area contributed by atoms with E-state index in [1.165, 1.54) is 0 Å². The Bertz CT molecular complexity index is 624. The van der Waals surface area contributed by atoms with Crippen molar-refractivity contribution in [1.82, 2.24) is 0 Å². The smallest absolute Gasteiger partial charge is 0.376 e. The standard InChI is InChI=1S/C13H7F7O/c14-7-1-6(2-8(15)3-7)11-9(16)4-12(21,5-10(11)17)13(18,19)20/h1-4,21H,5H2. The first-order valence-electron chi connectivity index (χ1n) is 5.56. The Labute approximate surface area is 114 Å². The summed E-state index contributed by atoms with van der Waals surface area (Å²) < 4.78 is 91.2. The summed E-state index contributed by atoms with van der Waals surface area (Å²) >= 11 is 0. The minimum atomic E-state index is -5.29. The highest BCUT2D eigenvalue weighted by atomic mass is 19.4.